The Kier molecular flexibility index (Phi) is 4.11. The zero-order chi connectivity index (χ0) is 14.1. The zero-order valence-corrected chi connectivity index (χ0v) is 13.0. The molecular formula is C17H27N3. The molecule has 110 valence electrons. The van der Waals surface area contributed by atoms with Crippen LogP contribution in [-0.4, -0.2) is 55.6 Å². The van der Waals surface area contributed by atoms with Crippen LogP contribution in [0.25, 0.3) is 0 Å². The van der Waals surface area contributed by atoms with Gasteiger partial charge in [0.1, 0.15) is 0 Å². The Morgan fingerprint density at radius 2 is 2.00 bits per heavy atom. The molecule has 1 aromatic rings. The third-order valence-electron chi connectivity index (χ3n) is 5.10. The van der Waals surface area contributed by atoms with Gasteiger partial charge in [-0.1, -0.05) is 24.3 Å². The number of nitrogens with one attached hydrogen (secondary N) is 1. The maximum absolute atomic E-state index is 3.58. The summed E-state index contributed by atoms with van der Waals surface area (Å²) >= 11 is 0. The molecule has 20 heavy (non-hydrogen) atoms. The minimum absolute atomic E-state index is 0.478. The molecule has 0 saturated carbocycles. The summed E-state index contributed by atoms with van der Waals surface area (Å²) in [6.45, 7) is 5.96. The molecule has 1 saturated heterocycles. The van der Waals surface area contributed by atoms with Gasteiger partial charge in [0, 0.05) is 37.8 Å². The van der Waals surface area contributed by atoms with Gasteiger partial charge in [-0.3, -0.25) is 4.90 Å². The predicted octanol–water partition coefficient (Wildman–Crippen LogP) is 1.90. The van der Waals surface area contributed by atoms with Crippen molar-refractivity contribution in [2.75, 3.05) is 33.7 Å². The molecule has 1 N–H and O–H groups in total. The van der Waals surface area contributed by atoms with Crippen LogP contribution in [0.3, 0.4) is 0 Å². The lowest BCUT2D eigenvalue weighted by Gasteiger charge is -2.47. The first-order chi connectivity index (χ1) is 9.70. The van der Waals surface area contributed by atoms with E-state index in [1.165, 1.54) is 43.6 Å². The Morgan fingerprint density at radius 3 is 2.75 bits per heavy atom. The third kappa shape index (κ3) is 2.50. The summed E-state index contributed by atoms with van der Waals surface area (Å²) < 4.78 is 0. The number of piperazine rings is 1. The summed E-state index contributed by atoms with van der Waals surface area (Å²) in [5.74, 6) is 0. The maximum Gasteiger partial charge on any atom is 0.0478 e. The maximum atomic E-state index is 3.58. The average molecular weight is 273 g/mol. The normalized spacial score (nSPS) is 32.0. The first-order valence-electron chi connectivity index (χ1n) is 7.90. The molecule has 1 aromatic carbocycles. The number of benzene rings is 1. The van der Waals surface area contributed by atoms with Crippen LogP contribution in [0.15, 0.2) is 24.3 Å². The lowest BCUT2D eigenvalue weighted by Crippen LogP contribution is -2.57. The topological polar surface area (TPSA) is 18.5 Å². The Hall–Kier alpha value is -0.900. The fraction of sp³-hybridized carbons (Fsp3) is 0.647. The first-order valence-corrected chi connectivity index (χ1v) is 7.90. The Balaban J connectivity index is 1.84. The van der Waals surface area contributed by atoms with E-state index in [0.29, 0.717) is 18.1 Å². The van der Waals surface area contributed by atoms with Crippen LogP contribution in [0.4, 0.5) is 0 Å². The molecule has 1 aliphatic heterocycles. The predicted molar refractivity (Wildman–Crippen MR) is 84.0 cm³/mol. The first kappa shape index (κ1) is 14.1. The summed E-state index contributed by atoms with van der Waals surface area (Å²) in [4.78, 5) is 5.18. The Labute approximate surface area is 123 Å². The second-order valence-corrected chi connectivity index (χ2v) is 6.42. The van der Waals surface area contributed by atoms with Crippen molar-refractivity contribution < 1.29 is 0 Å². The van der Waals surface area contributed by atoms with Crippen LogP contribution < -0.4 is 5.32 Å². The number of aryl methyl sites for hydroxylation is 1. The number of fused-ring (bicyclic) bond motifs is 1. The number of hydrogen-bond acceptors (Lipinski definition) is 3. The molecule has 0 spiro atoms. The minimum atomic E-state index is 0.478. The molecule has 3 atom stereocenters. The molecule has 1 heterocycles. The molecule has 0 amide bonds. The van der Waals surface area contributed by atoms with Crippen LogP contribution in [0.2, 0.25) is 0 Å². The van der Waals surface area contributed by atoms with Gasteiger partial charge < -0.3 is 10.2 Å². The van der Waals surface area contributed by atoms with Crippen molar-refractivity contribution in [3.05, 3.63) is 35.4 Å². The second-order valence-electron chi connectivity index (χ2n) is 6.42. The van der Waals surface area contributed by atoms with Gasteiger partial charge in [0.05, 0.1) is 0 Å². The highest BCUT2D eigenvalue weighted by molar-refractivity contribution is 5.34. The van der Waals surface area contributed by atoms with E-state index in [1.54, 1.807) is 0 Å². The Morgan fingerprint density at radius 1 is 1.20 bits per heavy atom. The molecule has 3 nitrogen and oxygen atoms in total. The summed E-state index contributed by atoms with van der Waals surface area (Å²) in [5, 5.41) is 3.58. The SMILES string of the molecule is CNC1c2ccccc2CCC1N1CCN(C)CC1C. The summed E-state index contributed by atoms with van der Waals surface area (Å²) in [7, 11) is 4.35. The van der Waals surface area contributed by atoms with Crippen molar-refractivity contribution >= 4 is 0 Å². The molecule has 0 bridgehead atoms. The minimum Gasteiger partial charge on any atom is -0.312 e. The van der Waals surface area contributed by atoms with Crippen LogP contribution in [0, 0.1) is 0 Å². The van der Waals surface area contributed by atoms with Crippen LogP contribution in [0.1, 0.15) is 30.5 Å². The smallest absolute Gasteiger partial charge is 0.0478 e. The Bertz CT molecular complexity index is 459. The van der Waals surface area contributed by atoms with Crippen LogP contribution in [-0.2, 0) is 6.42 Å². The van der Waals surface area contributed by atoms with E-state index < -0.39 is 0 Å². The fourth-order valence-corrected chi connectivity index (χ4v) is 4.09. The van der Waals surface area contributed by atoms with Gasteiger partial charge in [-0.05, 0) is 45.0 Å². The molecule has 3 rings (SSSR count). The molecule has 3 heteroatoms. The van der Waals surface area contributed by atoms with E-state index >= 15 is 0 Å². The molecule has 0 radical (unpaired) electrons. The van der Waals surface area contributed by atoms with Crippen molar-refractivity contribution in [3.63, 3.8) is 0 Å². The molecule has 2 aliphatic rings. The summed E-state index contributed by atoms with van der Waals surface area (Å²) in [5.41, 5.74) is 3.04. The molecule has 1 aliphatic carbocycles. The molecular weight excluding hydrogens is 246 g/mol. The lowest BCUT2D eigenvalue weighted by atomic mass is 9.82. The zero-order valence-electron chi connectivity index (χ0n) is 13.0. The number of hydrogen-bond donors (Lipinski definition) is 1. The van der Waals surface area contributed by atoms with Crippen molar-refractivity contribution in [3.8, 4) is 0 Å². The van der Waals surface area contributed by atoms with E-state index in [1.807, 2.05) is 0 Å². The van der Waals surface area contributed by atoms with Crippen molar-refractivity contribution in [1.29, 1.82) is 0 Å². The quantitative estimate of drug-likeness (QED) is 0.888. The van der Waals surface area contributed by atoms with E-state index in [-0.39, 0.29) is 0 Å². The number of likely N-dealkylation sites (N-methyl/N-ethyl adjacent to an activating group) is 2. The number of rotatable bonds is 2. The van der Waals surface area contributed by atoms with Crippen LogP contribution >= 0.6 is 0 Å². The van der Waals surface area contributed by atoms with Crippen molar-refractivity contribution in [2.24, 2.45) is 0 Å². The van der Waals surface area contributed by atoms with Gasteiger partial charge in [-0.2, -0.15) is 0 Å². The highest BCUT2D eigenvalue weighted by Crippen LogP contribution is 2.34. The van der Waals surface area contributed by atoms with Gasteiger partial charge in [0.2, 0.25) is 0 Å². The highest BCUT2D eigenvalue weighted by Gasteiger charge is 2.36. The molecule has 1 fully saturated rings. The second kappa shape index (κ2) is 5.84. The van der Waals surface area contributed by atoms with Gasteiger partial charge in [-0.15, -0.1) is 0 Å². The van der Waals surface area contributed by atoms with Crippen molar-refractivity contribution in [1.82, 2.24) is 15.1 Å². The standard InChI is InChI=1S/C17H27N3/c1-13-12-19(3)10-11-20(13)16-9-8-14-6-4-5-7-15(14)17(16)18-2/h4-7,13,16-18H,8-12H2,1-3H3. The lowest BCUT2D eigenvalue weighted by molar-refractivity contribution is 0.0388. The molecule has 0 aromatic heterocycles. The summed E-state index contributed by atoms with van der Waals surface area (Å²) in [6.07, 6.45) is 2.49. The van der Waals surface area contributed by atoms with Crippen molar-refractivity contribution in [2.45, 2.75) is 37.9 Å². The summed E-state index contributed by atoms with van der Waals surface area (Å²) in [6, 6.07) is 10.7. The fourth-order valence-electron chi connectivity index (χ4n) is 4.09. The van der Waals surface area contributed by atoms with Gasteiger partial charge in [-0.25, -0.2) is 0 Å². The third-order valence-corrected chi connectivity index (χ3v) is 5.10. The van der Waals surface area contributed by atoms with Gasteiger partial charge in [0.25, 0.3) is 0 Å². The van der Waals surface area contributed by atoms with E-state index in [0.717, 1.165) is 0 Å². The largest absolute Gasteiger partial charge is 0.312 e. The van der Waals surface area contributed by atoms with Crippen LogP contribution in [0.5, 0.6) is 0 Å². The highest BCUT2D eigenvalue weighted by atomic mass is 15.3. The molecule has 3 unspecified atom stereocenters. The monoisotopic (exact) mass is 273 g/mol. The van der Waals surface area contributed by atoms with E-state index in [2.05, 4.69) is 60.4 Å². The van der Waals surface area contributed by atoms with Gasteiger partial charge in [0.15, 0.2) is 0 Å². The van der Waals surface area contributed by atoms with E-state index in [9.17, 15) is 0 Å². The van der Waals surface area contributed by atoms with Gasteiger partial charge >= 0.3 is 0 Å². The average Bonchev–Trinajstić information content (AvgIpc) is 2.46. The number of nitrogens with zero attached hydrogens (tertiary/aromatic N) is 2. The van der Waals surface area contributed by atoms with E-state index in [4.69, 9.17) is 0 Å².